The van der Waals surface area contributed by atoms with Crippen molar-refractivity contribution in [3.63, 3.8) is 0 Å². The van der Waals surface area contributed by atoms with Crippen LogP contribution < -0.4 is 4.74 Å². The van der Waals surface area contributed by atoms with Crippen molar-refractivity contribution in [2.24, 2.45) is 0 Å². The van der Waals surface area contributed by atoms with Crippen molar-refractivity contribution in [2.75, 3.05) is 0 Å². The third-order valence-corrected chi connectivity index (χ3v) is 3.65. The Morgan fingerprint density at radius 3 is 2.42 bits per heavy atom. The first-order valence-electron chi connectivity index (χ1n) is 6.11. The van der Waals surface area contributed by atoms with Crippen molar-refractivity contribution in [1.82, 2.24) is 9.97 Å². The number of aromatic nitrogens is 2. The first-order valence-corrected chi connectivity index (χ1v) is 6.86. The Morgan fingerprint density at radius 2 is 1.79 bits per heavy atom. The van der Waals surface area contributed by atoms with Gasteiger partial charge in [0.05, 0.1) is 0 Å². The molecule has 98 valence electrons. The molecular formula is C14H12Cl2N2O. The van der Waals surface area contributed by atoms with Gasteiger partial charge in [0.2, 0.25) is 5.88 Å². The lowest BCUT2D eigenvalue weighted by Crippen LogP contribution is -2.00. The topological polar surface area (TPSA) is 35.0 Å². The number of halogens is 2. The number of hydrogen-bond donors (Lipinski definition) is 0. The molecule has 0 bridgehead atoms. The van der Waals surface area contributed by atoms with Crippen LogP contribution in [0.15, 0.2) is 24.3 Å². The van der Waals surface area contributed by atoms with Gasteiger partial charge in [-0.05, 0) is 44.0 Å². The quantitative estimate of drug-likeness (QED) is 0.766. The van der Waals surface area contributed by atoms with E-state index >= 15 is 0 Å². The highest BCUT2D eigenvalue weighted by Crippen LogP contribution is 2.40. The van der Waals surface area contributed by atoms with Gasteiger partial charge in [0, 0.05) is 16.5 Å². The molecule has 0 spiro atoms. The second-order valence-electron chi connectivity index (χ2n) is 4.63. The number of rotatable bonds is 3. The minimum Gasteiger partial charge on any atom is -0.439 e. The maximum absolute atomic E-state index is 6.13. The van der Waals surface area contributed by atoms with Gasteiger partial charge in [0.15, 0.2) is 0 Å². The molecule has 1 aliphatic rings. The SMILES string of the molecule is Cc1c(Cl)nc(C2CC2)nc1Oc1ccc(Cl)cc1. The Bertz CT molecular complexity index is 610. The largest absolute Gasteiger partial charge is 0.439 e. The Labute approximate surface area is 121 Å². The zero-order valence-corrected chi connectivity index (χ0v) is 11.9. The Morgan fingerprint density at radius 1 is 1.11 bits per heavy atom. The molecule has 0 N–H and O–H groups in total. The molecule has 1 saturated carbocycles. The van der Waals surface area contributed by atoms with Crippen LogP contribution in [0.1, 0.15) is 30.1 Å². The zero-order valence-electron chi connectivity index (χ0n) is 10.4. The van der Waals surface area contributed by atoms with Gasteiger partial charge in [0.1, 0.15) is 16.7 Å². The summed E-state index contributed by atoms with van der Waals surface area (Å²) in [6.07, 6.45) is 2.25. The summed E-state index contributed by atoms with van der Waals surface area (Å²) in [5, 5.41) is 1.13. The molecule has 1 aromatic heterocycles. The molecule has 2 aromatic rings. The highest BCUT2D eigenvalue weighted by Gasteiger charge is 2.28. The standard InChI is InChI=1S/C14H12Cl2N2O/c1-8-12(16)17-13(9-2-3-9)18-14(8)19-11-6-4-10(15)5-7-11/h4-7,9H,2-3H2,1H3. The third kappa shape index (κ3) is 2.82. The van der Waals surface area contributed by atoms with Crippen LogP contribution in [0, 0.1) is 6.92 Å². The van der Waals surface area contributed by atoms with E-state index in [9.17, 15) is 0 Å². The Hall–Kier alpha value is -1.32. The van der Waals surface area contributed by atoms with E-state index in [2.05, 4.69) is 9.97 Å². The van der Waals surface area contributed by atoms with E-state index in [1.807, 2.05) is 6.92 Å². The molecule has 1 aliphatic carbocycles. The summed E-state index contributed by atoms with van der Waals surface area (Å²) in [4.78, 5) is 8.77. The molecule has 1 heterocycles. The van der Waals surface area contributed by atoms with Crippen LogP contribution in [-0.2, 0) is 0 Å². The van der Waals surface area contributed by atoms with Crippen molar-refractivity contribution in [1.29, 1.82) is 0 Å². The van der Waals surface area contributed by atoms with Gasteiger partial charge in [-0.2, -0.15) is 4.98 Å². The average Bonchev–Trinajstić information content (AvgIpc) is 3.21. The van der Waals surface area contributed by atoms with E-state index in [1.54, 1.807) is 24.3 Å². The first-order chi connectivity index (χ1) is 9.13. The van der Waals surface area contributed by atoms with Crippen LogP contribution in [0.2, 0.25) is 10.2 Å². The van der Waals surface area contributed by atoms with Crippen LogP contribution in [0.5, 0.6) is 11.6 Å². The number of hydrogen-bond acceptors (Lipinski definition) is 3. The second-order valence-corrected chi connectivity index (χ2v) is 5.43. The van der Waals surface area contributed by atoms with Gasteiger partial charge < -0.3 is 4.74 Å². The number of ether oxygens (including phenoxy) is 1. The highest BCUT2D eigenvalue weighted by atomic mass is 35.5. The van der Waals surface area contributed by atoms with E-state index in [-0.39, 0.29) is 0 Å². The molecule has 0 amide bonds. The molecule has 19 heavy (non-hydrogen) atoms. The van der Waals surface area contributed by atoms with E-state index in [0.717, 1.165) is 24.2 Å². The molecule has 1 fully saturated rings. The summed E-state index contributed by atoms with van der Waals surface area (Å²) >= 11 is 12.0. The average molecular weight is 295 g/mol. The molecule has 1 aromatic carbocycles. The first kappa shape index (κ1) is 12.7. The lowest BCUT2D eigenvalue weighted by atomic mass is 10.3. The van der Waals surface area contributed by atoms with Crippen molar-refractivity contribution in [2.45, 2.75) is 25.7 Å². The highest BCUT2D eigenvalue weighted by molar-refractivity contribution is 6.30. The van der Waals surface area contributed by atoms with Gasteiger partial charge >= 0.3 is 0 Å². The number of benzene rings is 1. The Balaban J connectivity index is 1.92. The smallest absolute Gasteiger partial charge is 0.226 e. The minimum atomic E-state index is 0.436. The van der Waals surface area contributed by atoms with Crippen LogP contribution >= 0.6 is 23.2 Å². The van der Waals surface area contributed by atoms with E-state index in [0.29, 0.717) is 27.7 Å². The molecular weight excluding hydrogens is 283 g/mol. The van der Waals surface area contributed by atoms with Crippen molar-refractivity contribution in [3.05, 3.63) is 45.8 Å². The second kappa shape index (κ2) is 4.99. The van der Waals surface area contributed by atoms with Crippen LogP contribution in [-0.4, -0.2) is 9.97 Å². The fourth-order valence-corrected chi connectivity index (χ4v) is 2.02. The van der Waals surface area contributed by atoms with E-state index in [1.165, 1.54) is 0 Å². The predicted octanol–water partition coefficient (Wildman–Crippen LogP) is 4.76. The summed E-state index contributed by atoms with van der Waals surface area (Å²) in [6.45, 7) is 1.85. The molecule has 0 aliphatic heterocycles. The van der Waals surface area contributed by atoms with Gasteiger partial charge in [-0.15, -0.1) is 0 Å². The van der Waals surface area contributed by atoms with Crippen molar-refractivity contribution >= 4 is 23.2 Å². The van der Waals surface area contributed by atoms with E-state index in [4.69, 9.17) is 27.9 Å². The van der Waals surface area contributed by atoms with Crippen LogP contribution in [0.25, 0.3) is 0 Å². The monoisotopic (exact) mass is 294 g/mol. The normalized spacial score (nSPS) is 14.5. The van der Waals surface area contributed by atoms with Gasteiger partial charge in [0.25, 0.3) is 0 Å². The maximum atomic E-state index is 6.13. The fourth-order valence-electron chi connectivity index (χ4n) is 1.72. The lowest BCUT2D eigenvalue weighted by Gasteiger charge is -2.10. The Kier molecular flexibility index (Phi) is 3.33. The van der Waals surface area contributed by atoms with Gasteiger partial charge in [-0.3, -0.25) is 0 Å². The molecule has 0 unspecified atom stereocenters. The summed E-state index contributed by atoms with van der Waals surface area (Å²) < 4.78 is 5.77. The van der Waals surface area contributed by atoms with Gasteiger partial charge in [-0.25, -0.2) is 4.98 Å². The minimum absolute atomic E-state index is 0.436. The predicted molar refractivity (Wildman–Crippen MR) is 75.3 cm³/mol. The van der Waals surface area contributed by atoms with E-state index < -0.39 is 0 Å². The van der Waals surface area contributed by atoms with Crippen molar-refractivity contribution < 1.29 is 4.74 Å². The maximum Gasteiger partial charge on any atom is 0.226 e. The summed E-state index contributed by atoms with van der Waals surface area (Å²) in [5.41, 5.74) is 0.751. The molecule has 5 heteroatoms. The summed E-state index contributed by atoms with van der Waals surface area (Å²) in [5.74, 6) is 2.42. The molecule has 3 nitrogen and oxygen atoms in total. The number of nitrogens with zero attached hydrogens (tertiary/aromatic N) is 2. The summed E-state index contributed by atoms with van der Waals surface area (Å²) in [6, 6.07) is 7.15. The molecule has 0 radical (unpaired) electrons. The third-order valence-electron chi connectivity index (χ3n) is 3.03. The summed E-state index contributed by atoms with van der Waals surface area (Å²) in [7, 11) is 0. The van der Waals surface area contributed by atoms with Crippen molar-refractivity contribution in [3.8, 4) is 11.6 Å². The van der Waals surface area contributed by atoms with Gasteiger partial charge in [-0.1, -0.05) is 23.2 Å². The molecule has 3 rings (SSSR count). The lowest BCUT2D eigenvalue weighted by molar-refractivity contribution is 0.454. The fraction of sp³-hybridized carbons (Fsp3) is 0.286. The van der Waals surface area contributed by atoms with Crippen LogP contribution in [0.4, 0.5) is 0 Å². The van der Waals surface area contributed by atoms with Crippen LogP contribution in [0.3, 0.4) is 0 Å². The zero-order chi connectivity index (χ0) is 13.4. The molecule has 0 saturated heterocycles. The molecule has 0 atom stereocenters.